The zero-order valence-corrected chi connectivity index (χ0v) is 13.4. The molecule has 3 rings (SSSR count). The van der Waals surface area contributed by atoms with Gasteiger partial charge in [0.05, 0.1) is 6.07 Å². The summed E-state index contributed by atoms with van der Waals surface area (Å²) in [7, 11) is 0. The zero-order chi connectivity index (χ0) is 17.0. The number of rotatable bonds is 4. The fourth-order valence-corrected chi connectivity index (χ4v) is 2.91. The lowest BCUT2D eigenvalue weighted by atomic mass is 9.70. The lowest BCUT2D eigenvalue weighted by Crippen LogP contribution is -2.35. The third kappa shape index (κ3) is 2.61. The zero-order valence-electron chi connectivity index (χ0n) is 13.4. The highest BCUT2D eigenvalue weighted by molar-refractivity contribution is 6.08. The summed E-state index contributed by atoms with van der Waals surface area (Å²) in [4.78, 5) is 13.4. The van der Waals surface area contributed by atoms with Gasteiger partial charge in [-0.2, -0.15) is 5.26 Å². The molecule has 3 aromatic rings. The summed E-state index contributed by atoms with van der Waals surface area (Å²) in [5.41, 5.74) is 1.63. The van der Waals surface area contributed by atoms with Crippen molar-refractivity contribution < 1.29 is 4.79 Å². The lowest BCUT2D eigenvalue weighted by Gasteiger charge is -2.26. The molecule has 0 aliphatic rings. The molecule has 0 saturated heterocycles. The summed E-state index contributed by atoms with van der Waals surface area (Å²) >= 11 is 0. The molecule has 0 N–H and O–H groups in total. The molecule has 2 nitrogen and oxygen atoms in total. The SMILES string of the molecule is Cc1ccc(C(=O)C(C#N)(c2ccccc2)c2ccccc2)cc1. The number of aryl methyl sites for hydroxylation is 1. The maximum Gasteiger partial charge on any atom is 0.192 e. The van der Waals surface area contributed by atoms with Crippen molar-refractivity contribution in [2.75, 3.05) is 0 Å². The van der Waals surface area contributed by atoms with Crippen LogP contribution in [0.2, 0.25) is 0 Å². The molecule has 0 atom stereocenters. The second-order valence-electron chi connectivity index (χ2n) is 5.79. The summed E-state index contributed by atoms with van der Waals surface area (Å²) in [6, 6.07) is 28.2. The van der Waals surface area contributed by atoms with Crippen LogP contribution in [0.5, 0.6) is 0 Å². The largest absolute Gasteiger partial charge is 0.292 e. The van der Waals surface area contributed by atoms with Crippen molar-refractivity contribution in [3.63, 3.8) is 0 Å². The number of nitrogens with zero attached hydrogens (tertiary/aromatic N) is 1. The minimum atomic E-state index is -1.35. The molecule has 24 heavy (non-hydrogen) atoms. The van der Waals surface area contributed by atoms with Crippen molar-refractivity contribution in [1.82, 2.24) is 0 Å². The standard InChI is InChI=1S/C22H17NO/c1-17-12-14-18(15-13-17)21(24)22(16-23,19-8-4-2-5-9-19)20-10-6-3-7-11-20/h2-15H,1H3. The molecule has 0 bridgehead atoms. The van der Waals surface area contributed by atoms with E-state index in [2.05, 4.69) is 6.07 Å². The fourth-order valence-electron chi connectivity index (χ4n) is 2.91. The molecule has 0 aliphatic heterocycles. The summed E-state index contributed by atoms with van der Waals surface area (Å²) in [5, 5.41) is 10.1. The Morgan fingerprint density at radius 2 is 1.25 bits per heavy atom. The molecule has 0 heterocycles. The highest BCUT2D eigenvalue weighted by Gasteiger charge is 2.42. The minimum absolute atomic E-state index is 0.206. The van der Waals surface area contributed by atoms with Crippen molar-refractivity contribution >= 4 is 5.78 Å². The van der Waals surface area contributed by atoms with Gasteiger partial charge < -0.3 is 0 Å². The molecule has 0 aliphatic carbocycles. The maximum absolute atomic E-state index is 13.4. The lowest BCUT2D eigenvalue weighted by molar-refractivity contribution is 0.0943. The van der Waals surface area contributed by atoms with Gasteiger partial charge in [-0.3, -0.25) is 4.79 Å². The minimum Gasteiger partial charge on any atom is -0.292 e. The molecule has 0 unspecified atom stereocenters. The Morgan fingerprint density at radius 3 is 1.67 bits per heavy atom. The average Bonchev–Trinajstić information content (AvgIpc) is 2.65. The van der Waals surface area contributed by atoms with Crippen molar-refractivity contribution in [3.05, 3.63) is 107 Å². The highest BCUT2D eigenvalue weighted by Crippen LogP contribution is 2.35. The molecule has 2 heteroatoms. The molecule has 3 aromatic carbocycles. The number of hydrogen-bond donors (Lipinski definition) is 0. The normalized spacial score (nSPS) is 10.8. The predicted octanol–water partition coefficient (Wildman–Crippen LogP) is 4.69. The molecule has 0 saturated carbocycles. The van der Waals surface area contributed by atoms with Gasteiger partial charge in [0.2, 0.25) is 0 Å². The number of hydrogen-bond acceptors (Lipinski definition) is 2. The molecule has 0 aromatic heterocycles. The van der Waals surface area contributed by atoms with Crippen LogP contribution in [0, 0.1) is 18.3 Å². The van der Waals surface area contributed by atoms with Crippen LogP contribution < -0.4 is 0 Å². The van der Waals surface area contributed by atoms with E-state index in [0.29, 0.717) is 16.7 Å². The molecule has 0 fully saturated rings. The highest BCUT2D eigenvalue weighted by atomic mass is 16.1. The topological polar surface area (TPSA) is 40.9 Å². The molecular weight excluding hydrogens is 294 g/mol. The number of carbonyl (C=O) groups is 1. The molecule has 0 radical (unpaired) electrons. The van der Waals surface area contributed by atoms with Crippen LogP contribution >= 0.6 is 0 Å². The van der Waals surface area contributed by atoms with Gasteiger partial charge in [0.15, 0.2) is 11.2 Å². The molecule has 0 amide bonds. The van der Waals surface area contributed by atoms with Crippen LogP contribution in [0.25, 0.3) is 0 Å². The van der Waals surface area contributed by atoms with Crippen LogP contribution in [0.3, 0.4) is 0 Å². The monoisotopic (exact) mass is 311 g/mol. The van der Waals surface area contributed by atoms with E-state index < -0.39 is 5.41 Å². The van der Waals surface area contributed by atoms with Gasteiger partial charge >= 0.3 is 0 Å². The van der Waals surface area contributed by atoms with Crippen LogP contribution in [0.1, 0.15) is 27.0 Å². The smallest absolute Gasteiger partial charge is 0.192 e. The van der Waals surface area contributed by atoms with Crippen molar-refractivity contribution in [2.24, 2.45) is 0 Å². The summed E-state index contributed by atoms with van der Waals surface area (Å²) in [6.45, 7) is 1.97. The fraction of sp³-hybridized carbons (Fsp3) is 0.0909. The van der Waals surface area contributed by atoms with Crippen LogP contribution in [-0.4, -0.2) is 5.78 Å². The second kappa shape index (κ2) is 6.52. The van der Waals surface area contributed by atoms with E-state index in [1.807, 2.05) is 79.7 Å². The Morgan fingerprint density at radius 1 is 0.792 bits per heavy atom. The van der Waals surface area contributed by atoms with Crippen LogP contribution in [0.15, 0.2) is 84.9 Å². The Bertz CT molecular complexity index is 835. The average molecular weight is 311 g/mol. The van der Waals surface area contributed by atoms with E-state index in [1.54, 1.807) is 12.1 Å². The molecular formula is C22H17NO. The molecule has 116 valence electrons. The Hall–Kier alpha value is -3.18. The maximum atomic E-state index is 13.4. The first kappa shape index (κ1) is 15.7. The first-order valence-electron chi connectivity index (χ1n) is 7.82. The number of Topliss-reactive ketones (excluding diaryl/α,β-unsaturated/α-hetero) is 1. The van der Waals surface area contributed by atoms with E-state index in [-0.39, 0.29) is 5.78 Å². The van der Waals surface area contributed by atoms with Crippen LogP contribution in [-0.2, 0) is 5.41 Å². The van der Waals surface area contributed by atoms with E-state index in [1.165, 1.54) is 0 Å². The van der Waals surface area contributed by atoms with Gasteiger partial charge in [0.25, 0.3) is 0 Å². The van der Waals surface area contributed by atoms with E-state index in [4.69, 9.17) is 0 Å². The predicted molar refractivity (Wildman–Crippen MR) is 94.8 cm³/mol. The quantitative estimate of drug-likeness (QED) is 0.656. The van der Waals surface area contributed by atoms with Gasteiger partial charge in [0.1, 0.15) is 0 Å². The number of benzene rings is 3. The van der Waals surface area contributed by atoms with Gasteiger partial charge in [-0.25, -0.2) is 0 Å². The third-order valence-electron chi connectivity index (χ3n) is 4.24. The summed E-state index contributed by atoms with van der Waals surface area (Å²) in [6.07, 6.45) is 0. The Kier molecular flexibility index (Phi) is 4.26. The van der Waals surface area contributed by atoms with E-state index >= 15 is 0 Å². The summed E-state index contributed by atoms with van der Waals surface area (Å²) < 4.78 is 0. The van der Waals surface area contributed by atoms with Gasteiger partial charge in [-0.1, -0.05) is 90.5 Å². The first-order valence-corrected chi connectivity index (χ1v) is 7.82. The van der Waals surface area contributed by atoms with Crippen LogP contribution in [0.4, 0.5) is 0 Å². The molecule has 0 spiro atoms. The van der Waals surface area contributed by atoms with E-state index in [9.17, 15) is 10.1 Å². The number of nitriles is 1. The van der Waals surface area contributed by atoms with Gasteiger partial charge in [0, 0.05) is 5.56 Å². The first-order chi connectivity index (χ1) is 11.7. The van der Waals surface area contributed by atoms with Crippen molar-refractivity contribution in [3.8, 4) is 6.07 Å². The second-order valence-corrected chi connectivity index (χ2v) is 5.79. The van der Waals surface area contributed by atoms with Crippen molar-refractivity contribution in [2.45, 2.75) is 12.3 Å². The Balaban J connectivity index is 2.24. The van der Waals surface area contributed by atoms with Gasteiger partial charge in [-0.15, -0.1) is 0 Å². The number of carbonyl (C=O) groups excluding carboxylic acids is 1. The van der Waals surface area contributed by atoms with Gasteiger partial charge in [-0.05, 0) is 18.1 Å². The third-order valence-corrected chi connectivity index (χ3v) is 4.24. The van der Waals surface area contributed by atoms with E-state index in [0.717, 1.165) is 5.56 Å². The Labute approximate surface area is 142 Å². The summed E-state index contributed by atoms with van der Waals surface area (Å²) in [5.74, 6) is -0.206. The number of ketones is 1. The van der Waals surface area contributed by atoms with Crippen molar-refractivity contribution in [1.29, 1.82) is 5.26 Å².